The van der Waals surface area contributed by atoms with E-state index in [9.17, 15) is 9.59 Å². The molecule has 1 heterocycles. The number of aromatic nitrogens is 1. The zero-order valence-electron chi connectivity index (χ0n) is 12.8. The van der Waals surface area contributed by atoms with Gasteiger partial charge in [-0.3, -0.25) is 9.59 Å². The lowest BCUT2D eigenvalue weighted by atomic mass is 10.2. The summed E-state index contributed by atoms with van der Waals surface area (Å²) in [5, 5.41) is 5.30. The number of benzene rings is 1. The molecule has 23 heavy (non-hydrogen) atoms. The molecule has 1 aromatic carbocycles. The highest BCUT2D eigenvalue weighted by atomic mass is 79.9. The molecule has 0 saturated heterocycles. The lowest BCUT2D eigenvalue weighted by molar-refractivity contribution is -0.115. The lowest BCUT2D eigenvalue weighted by Gasteiger charge is -2.12. The van der Waals surface area contributed by atoms with E-state index >= 15 is 0 Å². The Labute approximate surface area is 143 Å². The zero-order chi connectivity index (χ0) is 16.8. The number of carbonyl (C=O) groups is 2. The quantitative estimate of drug-likeness (QED) is 0.839. The number of hydrogen-bond acceptors (Lipinski definition) is 4. The Balaban J connectivity index is 1.89. The molecule has 7 heteroatoms. The largest absolute Gasteiger partial charge is 0.363 e. The van der Waals surface area contributed by atoms with Crippen molar-refractivity contribution in [1.82, 2.24) is 10.3 Å². The Morgan fingerprint density at radius 2 is 1.87 bits per heavy atom. The van der Waals surface area contributed by atoms with E-state index in [-0.39, 0.29) is 18.4 Å². The number of anilines is 2. The van der Waals surface area contributed by atoms with Gasteiger partial charge in [0.2, 0.25) is 5.91 Å². The standard InChI is InChI=1S/C16H17BrN4O2/c1-21(2)14-9-11(7-8-18-14)16(23)19-10-15(22)20-13-5-3-12(17)4-6-13/h3-9H,10H2,1-2H3,(H,19,23)(H,20,22). The molecular weight excluding hydrogens is 360 g/mol. The Kier molecular flexibility index (Phi) is 5.70. The van der Waals surface area contributed by atoms with Crippen molar-refractivity contribution >= 4 is 39.2 Å². The fourth-order valence-corrected chi connectivity index (χ4v) is 2.07. The van der Waals surface area contributed by atoms with E-state index in [0.29, 0.717) is 17.1 Å². The number of amides is 2. The van der Waals surface area contributed by atoms with E-state index in [0.717, 1.165) is 4.47 Å². The van der Waals surface area contributed by atoms with E-state index in [2.05, 4.69) is 31.5 Å². The summed E-state index contributed by atoms with van der Waals surface area (Å²) >= 11 is 3.32. The number of nitrogens with one attached hydrogen (secondary N) is 2. The van der Waals surface area contributed by atoms with Crippen LogP contribution >= 0.6 is 15.9 Å². The smallest absolute Gasteiger partial charge is 0.251 e. The number of halogens is 1. The van der Waals surface area contributed by atoms with Gasteiger partial charge in [0.15, 0.2) is 0 Å². The van der Waals surface area contributed by atoms with Crippen molar-refractivity contribution in [2.45, 2.75) is 0 Å². The third-order valence-electron chi connectivity index (χ3n) is 3.00. The van der Waals surface area contributed by atoms with Crippen LogP contribution in [-0.4, -0.2) is 37.4 Å². The summed E-state index contributed by atoms with van der Waals surface area (Å²) in [4.78, 5) is 29.9. The van der Waals surface area contributed by atoms with Crippen molar-refractivity contribution in [1.29, 1.82) is 0 Å². The summed E-state index contributed by atoms with van der Waals surface area (Å²) < 4.78 is 0.929. The predicted octanol–water partition coefficient (Wildman–Crippen LogP) is 2.28. The highest BCUT2D eigenvalue weighted by molar-refractivity contribution is 9.10. The summed E-state index contributed by atoms with van der Waals surface area (Å²) in [6.07, 6.45) is 1.56. The molecule has 120 valence electrons. The molecule has 2 rings (SSSR count). The van der Waals surface area contributed by atoms with Gasteiger partial charge in [-0.15, -0.1) is 0 Å². The van der Waals surface area contributed by atoms with Crippen molar-refractivity contribution in [3.8, 4) is 0 Å². The minimum Gasteiger partial charge on any atom is -0.363 e. The first-order chi connectivity index (χ1) is 11.0. The second kappa shape index (κ2) is 7.73. The molecule has 0 radical (unpaired) electrons. The van der Waals surface area contributed by atoms with Crippen LogP contribution < -0.4 is 15.5 Å². The van der Waals surface area contributed by atoms with Gasteiger partial charge < -0.3 is 15.5 Å². The number of carbonyl (C=O) groups excluding carboxylic acids is 2. The minimum absolute atomic E-state index is 0.103. The topological polar surface area (TPSA) is 74.3 Å². The van der Waals surface area contributed by atoms with E-state index in [1.54, 1.807) is 35.4 Å². The van der Waals surface area contributed by atoms with Gasteiger partial charge in [-0.2, -0.15) is 0 Å². The molecule has 0 aliphatic carbocycles. The number of rotatable bonds is 5. The fraction of sp³-hybridized carbons (Fsp3) is 0.188. The van der Waals surface area contributed by atoms with Crippen LogP contribution in [0.15, 0.2) is 47.1 Å². The average Bonchev–Trinajstić information content (AvgIpc) is 2.55. The van der Waals surface area contributed by atoms with E-state index in [1.165, 1.54) is 0 Å². The first-order valence-corrected chi connectivity index (χ1v) is 7.72. The number of pyridine rings is 1. The van der Waals surface area contributed by atoms with E-state index in [1.807, 2.05) is 26.2 Å². The van der Waals surface area contributed by atoms with Crippen molar-refractivity contribution < 1.29 is 9.59 Å². The van der Waals surface area contributed by atoms with Crippen LogP contribution in [0.1, 0.15) is 10.4 Å². The van der Waals surface area contributed by atoms with Crippen LogP contribution in [0.2, 0.25) is 0 Å². The molecule has 2 aromatic rings. The van der Waals surface area contributed by atoms with Gasteiger partial charge in [0, 0.05) is 36.0 Å². The third kappa shape index (κ3) is 5.07. The maximum atomic E-state index is 12.1. The first-order valence-electron chi connectivity index (χ1n) is 6.92. The Hall–Kier alpha value is -2.41. The Morgan fingerprint density at radius 3 is 2.52 bits per heavy atom. The molecule has 1 aromatic heterocycles. The number of hydrogen-bond donors (Lipinski definition) is 2. The van der Waals surface area contributed by atoms with Crippen LogP contribution in [0.4, 0.5) is 11.5 Å². The van der Waals surface area contributed by atoms with Crippen LogP contribution in [-0.2, 0) is 4.79 Å². The lowest BCUT2D eigenvalue weighted by Crippen LogP contribution is -2.33. The van der Waals surface area contributed by atoms with Gasteiger partial charge >= 0.3 is 0 Å². The normalized spacial score (nSPS) is 10.0. The maximum Gasteiger partial charge on any atom is 0.251 e. The Morgan fingerprint density at radius 1 is 1.17 bits per heavy atom. The second-order valence-corrected chi connectivity index (χ2v) is 5.95. The summed E-state index contributed by atoms with van der Waals surface area (Å²) in [6.45, 7) is -0.103. The summed E-state index contributed by atoms with van der Waals surface area (Å²) in [5.41, 5.74) is 1.13. The molecule has 0 aliphatic rings. The SMILES string of the molecule is CN(C)c1cc(C(=O)NCC(=O)Nc2ccc(Br)cc2)ccn1. The van der Waals surface area contributed by atoms with Crippen molar-refractivity contribution in [3.05, 3.63) is 52.6 Å². The molecule has 0 saturated carbocycles. The van der Waals surface area contributed by atoms with Crippen LogP contribution in [0.5, 0.6) is 0 Å². The van der Waals surface area contributed by atoms with Crippen molar-refractivity contribution in [2.24, 2.45) is 0 Å². The van der Waals surface area contributed by atoms with E-state index < -0.39 is 0 Å². The van der Waals surface area contributed by atoms with Gasteiger partial charge in [0.25, 0.3) is 5.91 Å². The van der Waals surface area contributed by atoms with E-state index in [4.69, 9.17) is 0 Å². The average molecular weight is 377 g/mol. The molecule has 2 amide bonds. The highest BCUT2D eigenvalue weighted by Crippen LogP contribution is 2.14. The molecule has 2 N–H and O–H groups in total. The summed E-state index contributed by atoms with van der Waals surface area (Å²) in [7, 11) is 3.69. The van der Waals surface area contributed by atoms with Crippen molar-refractivity contribution in [3.63, 3.8) is 0 Å². The second-order valence-electron chi connectivity index (χ2n) is 5.03. The minimum atomic E-state index is -0.318. The molecule has 0 fully saturated rings. The van der Waals surface area contributed by atoms with Gasteiger partial charge in [0.1, 0.15) is 5.82 Å². The summed E-state index contributed by atoms with van der Waals surface area (Å²) in [6, 6.07) is 10.5. The monoisotopic (exact) mass is 376 g/mol. The summed E-state index contributed by atoms with van der Waals surface area (Å²) in [5.74, 6) is 0.0704. The van der Waals surface area contributed by atoms with Crippen molar-refractivity contribution in [2.75, 3.05) is 30.9 Å². The van der Waals surface area contributed by atoms with Crippen LogP contribution in [0.3, 0.4) is 0 Å². The van der Waals surface area contributed by atoms with Gasteiger partial charge in [-0.25, -0.2) is 4.98 Å². The Bertz CT molecular complexity index is 701. The fourth-order valence-electron chi connectivity index (χ4n) is 1.81. The van der Waals surface area contributed by atoms with Gasteiger partial charge in [-0.05, 0) is 36.4 Å². The zero-order valence-corrected chi connectivity index (χ0v) is 14.4. The highest BCUT2D eigenvalue weighted by Gasteiger charge is 2.10. The number of nitrogens with zero attached hydrogens (tertiary/aromatic N) is 2. The maximum absolute atomic E-state index is 12.1. The van der Waals surface area contributed by atoms with Gasteiger partial charge in [-0.1, -0.05) is 15.9 Å². The van der Waals surface area contributed by atoms with Gasteiger partial charge in [0.05, 0.1) is 6.54 Å². The predicted molar refractivity (Wildman–Crippen MR) is 93.7 cm³/mol. The first kappa shape index (κ1) is 17.0. The molecule has 0 aliphatic heterocycles. The van der Waals surface area contributed by atoms with Crippen LogP contribution in [0, 0.1) is 0 Å². The molecule has 6 nitrogen and oxygen atoms in total. The molecule has 0 bridgehead atoms. The van der Waals surface area contributed by atoms with Crippen LogP contribution in [0.25, 0.3) is 0 Å². The third-order valence-corrected chi connectivity index (χ3v) is 3.53. The molecule has 0 spiro atoms. The molecular formula is C16H17BrN4O2. The molecule has 0 unspecified atom stereocenters. The molecule has 0 atom stereocenters.